The van der Waals surface area contributed by atoms with Crippen LogP contribution in [0.2, 0.25) is 5.02 Å². The Morgan fingerprint density at radius 1 is 1.00 bits per heavy atom. The molecule has 0 fully saturated rings. The Kier molecular flexibility index (Phi) is 7.19. The van der Waals surface area contributed by atoms with Crippen molar-refractivity contribution in [3.63, 3.8) is 0 Å². The maximum Gasteiger partial charge on any atom is 0.422 e. The minimum Gasteiger partial charge on any atom is -0.482 e. The molecule has 33 heavy (non-hydrogen) atoms. The number of carbonyl (C=O) groups excluding carboxylic acids is 1. The molecule has 2 N–H and O–H groups in total. The Labute approximate surface area is 193 Å². The third kappa shape index (κ3) is 6.62. The Balaban J connectivity index is 1.76. The molecule has 0 atom stereocenters. The lowest BCUT2D eigenvalue weighted by Crippen LogP contribution is -2.20. The van der Waals surface area contributed by atoms with E-state index in [1.54, 1.807) is 31.2 Å². The van der Waals surface area contributed by atoms with Crippen LogP contribution in [0.25, 0.3) is 0 Å². The number of hydrogen-bond acceptors (Lipinski definition) is 4. The van der Waals surface area contributed by atoms with Crippen LogP contribution in [0.5, 0.6) is 5.75 Å². The Hall–Kier alpha value is -3.24. The number of rotatable bonds is 7. The lowest BCUT2D eigenvalue weighted by molar-refractivity contribution is -0.153. The standard InChI is InChI=1S/C22H18ClF3N2O4S/c1-14-4-2-3-5-18(14)28-33(30,31)17-9-6-15(7-10-17)21(29)27-19-12-16(23)8-11-20(19)32-13-22(24,25)26/h2-12,28H,13H2,1H3,(H,27,29). The highest BCUT2D eigenvalue weighted by molar-refractivity contribution is 7.92. The van der Waals surface area contributed by atoms with Gasteiger partial charge in [-0.15, -0.1) is 0 Å². The summed E-state index contributed by atoms with van der Waals surface area (Å²) < 4.78 is 69.9. The fourth-order valence-electron chi connectivity index (χ4n) is 2.76. The molecule has 0 saturated carbocycles. The number of amides is 1. The number of ether oxygens (including phenoxy) is 1. The second-order valence-corrected chi connectivity index (χ2v) is 9.06. The maximum absolute atomic E-state index is 12.6. The third-order valence-electron chi connectivity index (χ3n) is 4.40. The summed E-state index contributed by atoms with van der Waals surface area (Å²) in [6.07, 6.45) is -4.56. The van der Waals surface area contributed by atoms with Gasteiger partial charge in [0.05, 0.1) is 16.3 Å². The van der Waals surface area contributed by atoms with E-state index < -0.39 is 28.7 Å². The molecule has 0 spiro atoms. The molecule has 3 aromatic rings. The Morgan fingerprint density at radius 3 is 2.30 bits per heavy atom. The van der Waals surface area contributed by atoms with Crippen LogP contribution in [0.3, 0.4) is 0 Å². The van der Waals surface area contributed by atoms with Gasteiger partial charge in [0.25, 0.3) is 15.9 Å². The van der Waals surface area contributed by atoms with Crippen molar-refractivity contribution in [1.29, 1.82) is 0 Å². The van der Waals surface area contributed by atoms with Crippen LogP contribution in [0, 0.1) is 6.92 Å². The van der Waals surface area contributed by atoms with Crippen molar-refractivity contribution in [3.8, 4) is 5.75 Å². The van der Waals surface area contributed by atoms with Gasteiger partial charge < -0.3 is 10.1 Å². The number of para-hydroxylation sites is 1. The highest BCUT2D eigenvalue weighted by Crippen LogP contribution is 2.30. The van der Waals surface area contributed by atoms with Crippen LogP contribution < -0.4 is 14.8 Å². The number of aryl methyl sites for hydroxylation is 1. The highest BCUT2D eigenvalue weighted by atomic mass is 35.5. The molecule has 0 saturated heterocycles. The van der Waals surface area contributed by atoms with E-state index in [0.717, 1.165) is 5.56 Å². The van der Waals surface area contributed by atoms with Gasteiger partial charge in [0.2, 0.25) is 0 Å². The van der Waals surface area contributed by atoms with Gasteiger partial charge in [0.15, 0.2) is 6.61 Å². The average Bonchev–Trinajstić information content (AvgIpc) is 2.74. The summed E-state index contributed by atoms with van der Waals surface area (Å²) in [5.41, 5.74) is 1.18. The van der Waals surface area contributed by atoms with Crippen molar-refractivity contribution in [2.45, 2.75) is 18.0 Å². The number of halogens is 4. The molecule has 0 heterocycles. The molecule has 3 rings (SSSR count). The van der Waals surface area contributed by atoms with Gasteiger partial charge in [-0.05, 0) is 61.0 Å². The second kappa shape index (κ2) is 9.72. The van der Waals surface area contributed by atoms with Crippen LogP contribution in [0.15, 0.2) is 71.6 Å². The van der Waals surface area contributed by atoms with Crippen LogP contribution in [0.1, 0.15) is 15.9 Å². The van der Waals surface area contributed by atoms with Gasteiger partial charge in [0.1, 0.15) is 5.75 Å². The first kappa shape index (κ1) is 24.4. The average molecular weight is 499 g/mol. The first-order valence-electron chi connectivity index (χ1n) is 9.43. The lowest BCUT2D eigenvalue weighted by Gasteiger charge is -2.14. The number of carbonyl (C=O) groups is 1. The van der Waals surface area contributed by atoms with Gasteiger partial charge in [-0.3, -0.25) is 9.52 Å². The van der Waals surface area contributed by atoms with Crippen molar-refractivity contribution >= 4 is 38.9 Å². The maximum atomic E-state index is 12.6. The van der Waals surface area contributed by atoms with E-state index in [4.69, 9.17) is 16.3 Å². The van der Waals surface area contributed by atoms with E-state index in [1.165, 1.54) is 42.5 Å². The van der Waals surface area contributed by atoms with Crippen molar-refractivity contribution < 1.29 is 31.1 Å². The predicted molar refractivity (Wildman–Crippen MR) is 119 cm³/mol. The summed E-state index contributed by atoms with van der Waals surface area (Å²) in [6.45, 7) is 0.214. The first-order chi connectivity index (χ1) is 15.4. The Morgan fingerprint density at radius 2 is 1.67 bits per heavy atom. The van der Waals surface area contributed by atoms with Crippen molar-refractivity contribution in [1.82, 2.24) is 0 Å². The Bertz CT molecular complexity index is 1260. The van der Waals surface area contributed by atoms with E-state index in [0.29, 0.717) is 5.69 Å². The van der Waals surface area contributed by atoms with E-state index in [-0.39, 0.29) is 26.9 Å². The van der Waals surface area contributed by atoms with Crippen LogP contribution in [-0.2, 0) is 10.0 Å². The molecular formula is C22H18ClF3N2O4S. The van der Waals surface area contributed by atoms with Crippen molar-refractivity contribution in [3.05, 3.63) is 82.9 Å². The van der Waals surface area contributed by atoms with Gasteiger partial charge in [-0.1, -0.05) is 29.8 Å². The predicted octanol–water partition coefficient (Wildman–Crippen LogP) is 5.64. The van der Waals surface area contributed by atoms with E-state index >= 15 is 0 Å². The van der Waals surface area contributed by atoms with Crippen molar-refractivity contribution in [2.24, 2.45) is 0 Å². The summed E-state index contributed by atoms with van der Waals surface area (Å²) >= 11 is 5.88. The SMILES string of the molecule is Cc1ccccc1NS(=O)(=O)c1ccc(C(=O)Nc2cc(Cl)ccc2OCC(F)(F)F)cc1. The fourth-order valence-corrected chi connectivity index (χ4v) is 4.06. The molecule has 6 nitrogen and oxygen atoms in total. The first-order valence-corrected chi connectivity index (χ1v) is 11.3. The molecule has 0 radical (unpaired) electrons. The van der Waals surface area contributed by atoms with Crippen LogP contribution in [0.4, 0.5) is 24.5 Å². The van der Waals surface area contributed by atoms with Crippen LogP contribution >= 0.6 is 11.6 Å². The summed E-state index contributed by atoms with van der Waals surface area (Å²) in [6, 6.07) is 15.7. The van der Waals surface area contributed by atoms with Gasteiger partial charge in [-0.25, -0.2) is 8.42 Å². The molecule has 1 amide bonds. The molecule has 0 aliphatic carbocycles. The van der Waals surface area contributed by atoms with Crippen molar-refractivity contribution in [2.75, 3.05) is 16.6 Å². The second-order valence-electron chi connectivity index (χ2n) is 6.94. The zero-order valence-electron chi connectivity index (χ0n) is 17.1. The fraction of sp³-hybridized carbons (Fsp3) is 0.136. The topological polar surface area (TPSA) is 84.5 Å². The molecule has 0 unspecified atom stereocenters. The largest absolute Gasteiger partial charge is 0.482 e. The molecule has 0 aromatic heterocycles. The van der Waals surface area contributed by atoms with E-state index in [9.17, 15) is 26.4 Å². The third-order valence-corrected chi connectivity index (χ3v) is 6.01. The zero-order valence-corrected chi connectivity index (χ0v) is 18.7. The molecule has 0 aliphatic rings. The number of alkyl halides is 3. The molecular weight excluding hydrogens is 481 g/mol. The molecule has 0 bridgehead atoms. The quantitative estimate of drug-likeness (QED) is 0.441. The normalized spacial score (nSPS) is 11.7. The minimum absolute atomic E-state index is 0.0605. The van der Waals surface area contributed by atoms with Crippen LogP contribution in [-0.4, -0.2) is 27.1 Å². The molecule has 0 aliphatic heterocycles. The number of hydrogen-bond donors (Lipinski definition) is 2. The summed E-state index contributed by atoms with van der Waals surface area (Å²) in [5.74, 6) is -0.906. The minimum atomic E-state index is -4.56. The van der Waals surface area contributed by atoms with Gasteiger partial charge >= 0.3 is 6.18 Å². The van der Waals surface area contributed by atoms with Gasteiger partial charge in [0, 0.05) is 10.6 Å². The molecule has 174 valence electrons. The number of benzene rings is 3. The summed E-state index contributed by atoms with van der Waals surface area (Å²) in [7, 11) is -3.90. The summed E-state index contributed by atoms with van der Waals surface area (Å²) in [4.78, 5) is 12.5. The van der Waals surface area contributed by atoms with E-state index in [2.05, 4.69) is 10.0 Å². The van der Waals surface area contributed by atoms with E-state index in [1.807, 2.05) is 0 Å². The smallest absolute Gasteiger partial charge is 0.422 e. The summed E-state index contributed by atoms with van der Waals surface area (Å²) in [5, 5.41) is 2.60. The molecule has 11 heteroatoms. The molecule has 3 aromatic carbocycles. The number of sulfonamides is 1. The monoisotopic (exact) mass is 498 g/mol. The number of nitrogens with one attached hydrogen (secondary N) is 2. The zero-order chi connectivity index (χ0) is 24.2. The van der Waals surface area contributed by atoms with Gasteiger partial charge in [-0.2, -0.15) is 13.2 Å². The highest BCUT2D eigenvalue weighted by Gasteiger charge is 2.29. The lowest BCUT2D eigenvalue weighted by atomic mass is 10.2. The number of anilines is 2.